The molecular formula is C9H16N2OS. The molecule has 0 aromatic carbocycles. The van der Waals surface area contributed by atoms with Crippen LogP contribution in [0, 0.1) is 0 Å². The summed E-state index contributed by atoms with van der Waals surface area (Å²) < 4.78 is 0. The van der Waals surface area contributed by atoms with Crippen LogP contribution in [0.15, 0.2) is 0 Å². The van der Waals surface area contributed by atoms with Gasteiger partial charge in [-0.15, -0.1) is 0 Å². The molecule has 0 aliphatic carbocycles. The van der Waals surface area contributed by atoms with Crippen molar-refractivity contribution < 1.29 is 4.79 Å². The molecule has 74 valence electrons. The first-order valence-corrected chi connectivity index (χ1v) is 6.13. The second kappa shape index (κ2) is 4.33. The van der Waals surface area contributed by atoms with Gasteiger partial charge in [-0.2, -0.15) is 11.8 Å². The predicted molar refractivity (Wildman–Crippen MR) is 54.9 cm³/mol. The zero-order valence-electron chi connectivity index (χ0n) is 7.71. The Morgan fingerprint density at radius 1 is 1.46 bits per heavy atom. The summed E-state index contributed by atoms with van der Waals surface area (Å²) in [5, 5.41) is 6.29. The first-order valence-electron chi connectivity index (χ1n) is 4.98. The van der Waals surface area contributed by atoms with E-state index in [-0.39, 0.29) is 11.9 Å². The van der Waals surface area contributed by atoms with Crippen molar-refractivity contribution in [1.29, 1.82) is 0 Å². The summed E-state index contributed by atoms with van der Waals surface area (Å²) in [5.41, 5.74) is 0. The highest BCUT2D eigenvalue weighted by molar-refractivity contribution is 7.99. The lowest BCUT2D eigenvalue weighted by atomic mass is 10.1. The van der Waals surface area contributed by atoms with Crippen LogP contribution in [-0.4, -0.2) is 36.0 Å². The quantitative estimate of drug-likeness (QED) is 0.676. The summed E-state index contributed by atoms with van der Waals surface area (Å²) in [7, 11) is 0. The van der Waals surface area contributed by atoms with Gasteiger partial charge in [0.25, 0.3) is 0 Å². The van der Waals surface area contributed by atoms with Gasteiger partial charge in [-0.3, -0.25) is 4.79 Å². The Balaban J connectivity index is 1.79. The molecule has 0 bridgehead atoms. The second-order valence-electron chi connectivity index (χ2n) is 3.71. The van der Waals surface area contributed by atoms with Crippen LogP contribution in [-0.2, 0) is 4.79 Å². The van der Waals surface area contributed by atoms with Gasteiger partial charge in [-0.05, 0) is 25.0 Å². The highest BCUT2D eigenvalue weighted by atomic mass is 32.2. The van der Waals surface area contributed by atoms with Gasteiger partial charge < -0.3 is 10.6 Å². The van der Waals surface area contributed by atoms with Gasteiger partial charge in [-0.1, -0.05) is 0 Å². The predicted octanol–water partition coefficient (Wildman–Crippen LogP) is 0.360. The SMILES string of the molecule is O=C1NCCC1NC1CCCSC1. The highest BCUT2D eigenvalue weighted by Gasteiger charge is 2.26. The minimum Gasteiger partial charge on any atom is -0.355 e. The van der Waals surface area contributed by atoms with Gasteiger partial charge in [0.1, 0.15) is 0 Å². The van der Waals surface area contributed by atoms with E-state index in [1.54, 1.807) is 0 Å². The van der Waals surface area contributed by atoms with Gasteiger partial charge in [0.05, 0.1) is 6.04 Å². The third-order valence-electron chi connectivity index (χ3n) is 2.65. The minimum atomic E-state index is 0.0868. The lowest BCUT2D eigenvalue weighted by molar-refractivity contribution is -0.121. The largest absolute Gasteiger partial charge is 0.355 e. The second-order valence-corrected chi connectivity index (χ2v) is 4.86. The molecule has 0 spiro atoms. The Morgan fingerprint density at radius 2 is 2.38 bits per heavy atom. The van der Waals surface area contributed by atoms with Crippen molar-refractivity contribution in [3.8, 4) is 0 Å². The lowest BCUT2D eigenvalue weighted by Crippen LogP contribution is -2.44. The van der Waals surface area contributed by atoms with Crippen LogP contribution in [0.25, 0.3) is 0 Å². The van der Waals surface area contributed by atoms with Crippen molar-refractivity contribution >= 4 is 17.7 Å². The lowest BCUT2D eigenvalue weighted by Gasteiger charge is -2.24. The van der Waals surface area contributed by atoms with Gasteiger partial charge in [0.2, 0.25) is 5.91 Å². The molecule has 0 radical (unpaired) electrons. The van der Waals surface area contributed by atoms with Crippen molar-refractivity contribution in [3.05, 3.63) is 0 Å². The molecule has 0 saturated carbocycles. The van der Waals surface area contributed by atoms with Gasteiger partial charge in [0.15, 0.2) is 0 Å². The van der Waals surface area contributed by atoms with E-state index < -0.39 is 0 Å². The van der Waals surface area contributed by atoms with Crippen LogP contribution in [0.5, 0.6) is 0 Å². The standard InChI is InChI=1S/C9H16N2OS/c12-9-8(3-4-10-9)11-7-2-1-5-13-6-7/h7-8,11H,1-6H2,(H,10,12). The van der Waals surface area contributed by atoms with Crippen LogP contribution in [0.1, 0.15) is 19.3 Å². The Bertz CT molecular complexity index is 192. The van der Waals surface area contributed by atoms with Crippen molar-refractivity contribution in [2.24, 2.45) is 0 Å². The van der Waals surface area contributed by atoms with Gasteiger partial charge in [-0.25, -0.2) is 0 Å². The van der Waals surface area contributed by atoms with Crippen molar-refractivity contribution in [3.63, 3.8) is 0 Å². The molecule has 13 heavy (non-hydrogen) atoms. The monoisotopic (exact) mass is 200 g/mol. The average molecular weight is 200 g/mol. The number of thioether (sulfide) groups is 1. The fourth-order valence-electron chi connectivity index (χ4n) is 1.91. The smallest absolute Gasteiger partial charge is 0.237 e. The number of hydrogen-bond acceptors (Lipinski definition) is 3. The molecule has 0 aromatic rings. The summed E-state index contributed by atoms with van der Waals surface area (Å²) in [5.74, 6) is 2.65. The molecule has 2 atom stereocenters. The van der Waals surface area contributed by atoms with E-state index in [0.717, 1.165) is 13.0 Å². The Hall–Kier alpha value is -0.220. The summed E-state index contributed by atoms with van der Waals surface area (Å²) in [6, 6.07) is 0.649. The van der Waals surface area contributed by atoms with E-state index in [1.165, 1.54) is 24.3 Å². The molecule has 2 unspecified atom stereocenters. The summed E-state index contributed by atoms with van der Waals surface area (Å²) in [6.07, 6.45) is 3.48. The van der Waals surface area contributed by atoms with E-state index in [0.29, 0.717) is 6.04 Å². The molecule has 4 heteroatoms. The van der Waals surface area contributed by atoms with E-state index in [1.807, 2.05) is 11.8 Å². The third-order valence-corrected chi connectivity index (χ3v) is 3.86. The van der Waals surface area contributed by atoms with Crippen molar-refractivity contribution in [2.45, 2.75) is 31.3 Å². The maximum absolute atomic E-state index is 11.3. The summed E-state index contributed by atoms with van der Waals surface area (Å²) in [4.78, 5) is 11.3. The van der Waals surface area contributed by atoms with Crippen LogP contribution >= 0.6 is 11.8 Å². The number of nitrogens with one attached hydrogen (secondary N) is 2. The number of carbonyl (C=O) groups excluding carboxylic acids is 1. The fraction of sp³-hybridized carbons (Fsp3) is 0.889. The molecule has 2 saturated heterocycles. The van der Waals surface area contributed by atoms with E-state index in [2.05, 4.69) is 10.6 Å². The molecule has 2 heterocycles. The summed E-state index contributed by atoms with van der Waals surface area (Å²) >= 11 is 1.99. The molecule has 2 aliphatic rings. The Labute approximate surface area is 83.0 Å². The number of hydrogen-bond donors (Lipinski definition) is 2. The maximum atomic E-state index is 11.3. The molecular weight excluding hydrogens is 184 g/mol. The number of amides is 1. The van der Waals surface area contributed by atoms with Gasteiger partial charge >= 0.3 is 0 Å². The molecule has 0 aromatic heterocycles. The minimum absolute atomic E-state index is 0.0868. The zero-order chi connectivity index (χ0) is 9.10. The fourth-order valence-corrected chi connectivity index (χ4v) is 2.99. The van der Waals surface area contributed by atoms with Crippen LogP contribution in [0.3, 0.4) is 0 Å². The van der Waals surface area contributed by atoms with E-state index >= 15 is 0 Å². The van der Waals surface area contributed by atoms with Crippen LogP contribution in [0.4, 0.5) is 0 Å². The van der Waals surface area contributed by atoms with Crippen LogP contribution < -0.4 is 10.6 Å². The van der Waals surface area contributed by atoms with Crippen molar-refractivity contribution in [2.75, 3.05) is 18.1 Å². The zero-order valence-corrected chi connectivity index (χ0v) is 8.53. The number of rotatable bonds is 2. The van der Waals surface area contributed by atoms with E-state index in [9.17, 15) is 4.79 Å². The molecule has 2 fully saturated rings. The Morgan fingerprint density at radius 3 is 3.00 bits per heavy atom. The molecule has 2 rings (SSSR count). The average Bonchev–Trinajstić information content (AvgIpc) is 2.54. The first-order chi connectivity index (χ1) is 6.36. The van der Waals surface area contributed by atoms with Crippen LogP contribution in [0.2, 0.25) is 0 Å². The number of carbonyl (C=O) groups is 1. The molecule has 2 N–H and O–H groups in total. The molecule has 3 nitrogen and oxygen atoms in total. The Kier molecular flexibility index (Phi) is 3.11. The van der Waals surface area contributed by atoms with Gasteiger partial charge in [0, 0.05) is 18.3 Å². The molecule has 1 amide bonds. The first kappa shape index (κ1) is 9.34. The normalized spacial score (nSPS) is 34.6. The maximum Gasteiger partial charge on any atom is 0.237 e. The third kappa shape index (κ3) is 2.38. The topological polar surface area (TPSA) is 41.1 Å². The summed E-state index contributed by atoms with van der Waals surface area (Å²) in [6.45, 7) is 0.844. The van der Waals surface area contributed by atoms with Crippen molar-refractivity contribution in [1.82, 2.24) is 10.6 Å². The highest BCUT2D eigenvalue weighted by Crippen LogP contribution is 2.18. The molecule has 2 aliphatic heterocycles. The van der Waals surface area contributed by atoms with E-state index in [4.69, 9.17) is 0 Å².